The highest BCUT2D eigenvalue weighted by Gasteiger charge is 2.22. The van der Waals surface area contributed by atoms with E-state index in [0.29, 0.717) is 24.5 Å². The number of hydrogen-bond donors (Lipinski definition) is 1. The summed E-state index contributed by atoms with van der Waals surface area (Å²) in [4.78, 5) is 0. The topological polar surface area (TPSA) is 21.3 Å². The largest absolute Gasteiger partial charge is 0.495 e. The maximum Gasteiger partial charge on any atom is 0.138 e. The summed E-state index contributed by atoms with van der Waals surface area (Å²) in [5, 5.41) is 4.41. The predicted molar refractivity (Wildman–Crippen MR) is 92.9 cm³/mol. The molecule has 0 amide bonds. The number of hydrogen-bond acceptors (Lipinski definition) is 3. The molecule has 7 heteroatoms. The molecule has 0 radical (unpaired) electrons. The van der Waals surface area contributed by atoms with Crippen molar-refractivity contribution in [3.8, 4) is 5.75 Å². The molecule has 2 nitrogen and oxygen atoms in total. The number of thiophene rings is 1. The molecule has 1 aromatic carbocycles. The van der Waals surface area contributed by atoms with Crippen LogP contribution in [-0.2, 0) is 0 Å². The Morgan fingerprint density at radius 1 is 1.10 bits per heavy atom. The van der Waals surface area contributed by atoms with Gasteiger partial charge >= 0.3 is 0 Å². The van der Waals surface area contributed by atoms with Crippen molar-refractivity contribution in [2.75, 3.05) is 13.7 Å². The zero-order chi connectivity index (χ0) is 15.6. The van der Waals surface area contributed by atoms with Crippen LogP contribution < -0.4 is 10.1 Å². The van der Waals surface area contributed by atoms with Crippen LogP contribution in [0.25, 0.3) is 0 Å². The van der Waals surface area contributed by atoms with Gasteiger partial charge in [-0.2, -0.15) is 0 Å². The van der Waals surface area contributed by atoms with E-state index in [1.165, 1.54) is 11.3 Å². The second-order valence-corrected chi connectivity index (χ2v) is 7.38. The maximum absolute atomic E-state index is 6.37. The SMILES string of the molecule is CCNC(c1cc(Cl)c(OC)cc1Cl)c1cc(Cl)sc1Cl. The van der Waals surface area contributed by atoms with E-state index in [0.717, 1.165) is 17.7 Å². The summed E-state index contributed by atoms with van der Waals surface area (Å²) >= 11 is 26.2. The van der Waals surface area contributed by atoms with Gasteiger partial charge in [0.25, 0.3) is 0 Å². The average molecular weight is 385 g/mol. The number of rotatable bonds is 5. The molecule has 1 atom stereocenters. The zero-order valence-corrected chi connectivity index (χ0v) is 15.2. The van der Waals surface area contributed by atoms with Gasteiger partial charge in [-0.25, -0.2) is 0 Å². The summed E-state index contributed by atoms with van der Waals surface area (Å²) in [7, 11) is 1.55. The molecule has 0 aliphatic carbocycles. The fourth-order valence-electron chi connectivity index (χ4n) is 2.06. The van der Waals surface area contributed by atoms with Crippen LogP contribution in [0.1, 0.15) is 24.1 Å². The molecule has 2 rings (SSSR count). The number of nitrogens with one attached hydrogen (secondary N) is 1. The normalized spacial score (nSPS) is 12.5. The quantitative estimate of drug-likeness (QED) is 0.675. The van der Waals surface area contributed by atoms with Gasteiger partial charge in [0.2, 0.25) is 0 Å². The Bertz CT molecular complexity index is 644. The van der Waals surface area contributed by atoms with Gasteiger partial charge in [-0.15, -0.1) is 11.3 Å². The van der Waals surface area contributed by atoms with E-state index >= 15 is 0 Å². The van der Waals surface area contributed by atoms with Gasteiger partial charge in [0, 0.05) is 16.7 Å². The average Bonchev–Trinajstić information content (AvgIpc) is 2.77. The smallest absolute Gasteiger partial charge is 0.138 e. The maximum atomic E-state index is 6.37. The van der Waals surface area contributed by atoms with Gasteiger partial charge in [0.05, 0.1) is 26.8 Å². The lowest BCUT2D eigenvalue weighted by molar-refractivity contribution is 0.414. The fourth-order valence-corrected chi connectivity index (χ4v) is 4.11. The summed E-state index contributed by atoms with van der Waals surface area (Å²) in [5.41, 5.74) is 1.72. The Labute approximate surface area is 147 Å². The van der Waals surface area contributed by atoms with E-state index in [1.54, 1.807) is 19.2 Å². The standard InChI is InChI=1S/C14H13Cl4NOS/c1-3-19-13(8-5-12(17)21-14(8)18)7-4-10(16)11(20-2)6-9(7)15/h4-6,13,19H,3H2,1-2H3. The highest BCUT2D eigenvalue weighted by Crippen LogP contribution is 2.41. The van der Waals surface area contributed by atoms with Crippen LogP contribution in [0, 0.1) is 0 Å². The van der Waals surface area contributed by atoms with Crippen molar-refractivity contribution in [3.05, 3.63) is 48.0 Å². The highest BCUT2D eigenvalue weighted by atomic mass is 35.5. The molecule has 21 heavy (non-hydrogen) atoms. The van der Waals surface area contributed by atoms with Crippen LogP contribution in [0.15, 0.2) is 18.2 Å². The van der Waals surface area contributed by atoms with Crippen LogP contribution in [0.3, 0.4) is 0 Å². The van der Waals surface area contributed by atoms with E-state index in [9.17, 15) is 0 Å². The molecular weight excluding hydrogens is 372 g/mol. The van der Waals surface area contributed by atoms with Gasteiger partial charge in [0.1, 0.15) is 5.75 Å². The summed E-state index contributed by atoms with van der Waals surface area (Å²) in [5.74, 6) is 0.537. The summed E-state index contributed by atoms with van der Waals surface area (Å²) in [6.07, 6.45) is 0. The van der Waals surface area contributed by atoms with E-state index < -0.39 is 0 Å². The van der Waals surface area contributed by atoms with Gasteiger partial charge in [-0.1, -0.05) is 53.3 Å². The van der Waals surface area contributed by atoms with Crippen LogP contribution in [0.4, 0.5) is 0 Å². The van der Waals surface area contributed by atoms with E-state index in [1.807, 2.05) is 13.0 Å². The molecule has 0 spiro atoms. The lowest BCUT2D eigenvalue weighted by Crippen LogP contribution is -2.22. The molecule has 0 aliphatic rings. The zero-order valence-electron chi connectivity index (χ0n) is 11.3. The lowest BCUT2D eigenvalue weighted by Gasteiger charge is -2.20. The van der Waals surface area contributed by atoms with Gasteiger partial charge in [-0.3, -0.25) is 0 Å². The molecule has 1 heterocycles. The third-order valence-corrected chi connectivity index (χ3v) is 5.13. The Morgan fingerprint density at radius 2 is 1.81 bits per heavy atom. The Morgan fingerprint density at radius 3 is 2.33 bits per heavy atom. The molecule has 1 unspecified atom stereocenters. The third-order valence-electron chi connectivity index (χ3n) is 2.98. The second kappa shape index (κ2) is 7.40. The van der Waals surface area contributed by atoms with E-state index in [-0.39, 0.29) is 6.04 Å². The molecule has 0 fully saturated rings. The van der Waals surface area contributed by atoms with Gasteiger partial charge in [-0.05, 0) is 24.2 Å². The van der Waals surface area contributed by atoms with Crippen molar-refractivity contribution < 1.29 is 4.74 Å². The molecule has 0 saturated carbocycles. The summed E-state index contributed by atoms with van der Waals surface area (Å²) in [6.45, 7) is 2.75. The van der Waals surface area contributed by atoms with E-state index in [2.05, 4.69) is 5.32 Å². The lowest BCUT2D eigenvalue weighted by atomic mass is 10.0. The summed E-state index contributed by atoms with van der Waals surface area (Å²) in [6, 6.07) is 5.15. The van der Waals surface area contributed by atoms with Crippen LogP contribution in [-0.4, -0.2) is 13.7 Å². The molecule has 1 aromatic heterocycles. The minimum absolute atomic E-state index is 0.179. The van der Waals surface area contributed by atoms with Gasteiger partial charge < -0.3 is 10.1 Å². The molecule has 2 aromatic rings. The van der Waals surface area contributed by atoms with Crippen LogP contribution in [0.5, 0.6) is 5.75 Å². The monoisotopic (exact) mass is 383 g/mol. The number of methoxy groups -OCH3 is 1. The minimum atomic E-state index is -0.179. The Balaban J connectivity index is 2.53. The molecular formula is C14H13Cl4NOS. The number of ether oxygens (including phenoxy) is 1. The first-order valence-electron chi connectivity index (χ1n) is 6.19. The second-order valence-electron chi connectivity index (χ2n) is 4.28. The van der Waals surface area contributed by atoms with Crippen molar-refractivity contribution in [3.63, 3.8) is 0 Å². The van der Waals surface area contributed by atoms with E-state index in [4.69, 9.17) is 51.1 Å². The predicted octanol–water partition coefficient (Wildman–Crippen LogP) is 6.07. The molecule has 0 aliphatic heterocycles. The van der Waals surface area contributed by atoms with Crippen molar-refractivity contribution in [1.82, 2.24) is 5.32 Å². The van der Waals surface area contributed by atoms with Crippen LogP contribution >= 0.6 is 57.7 Å². The first-order chi connectivity index (χ1) is 9.97. The Kier molecular flexibility index (Phi) is 6.06. The van der Waals surface area contributed by atoms with Gasteiger partial charge in [0.15, 0.2) is 0 Å². The summed E-state index contributed by atoms with van der Waals surface area (Å²) < 4.78 is 6.44. The molecule has 0 bridgehead atoms. The van der Waals surface area contributed by atoms with Crippen molar-refractivity contribution in [1.29, 1.82) is 0 Å². The van der Waals surface area contributed by atoms with Crippen LogP contribution in [0.2, 0.25) is 18.7 Å². The Hall–Kier alpha value is -0.160. The van der Waals surface area contributed by atoms with Crippen molar-refractivity contribution >= 4 is 57.7 Å². The first-order valence-corrected chi connectivity index (χ1v) is 8.51. The van der Waals surface area contributed by atoms with Crippen molar-refractivity contribution in [2.24, 2.45) is 0 Å². The fraction of sp³-hybridized carbons (Fsp3) is 0.286. The number of halogens is 4. The molecule has 0 saturated heterocycles. The first kappa shape index (κ1) is 17.2. The third kappa shape index (κ3) is 3.79. The van der Waals surface area contributed by atoms with Crippen molar-refractivity contribution in [2.45, 2.75) is 13.0 Å². The number of benzene rings is 1. The molecule has 1 N–H and O–H groups in total. The minimum Gasteiger partial charge on any atom is -0.495 e. The molecule has 114 valence electrons. The highest BCUT2D eigenvalue weighted by molar-refractivity contribution is 7.20.